The van der Waals surface area contributed by atoms with Crippen molar-refractivity contribution < 1.29 is 18.0 Å². The van der Waals surface area contributed by atoms with Gasteiger partial charge in [0.25, 0.3) is 0 Å². The van der Waals surface area contributed by atoms with E-state index in [0.29, 0.717) is 50.8 Å². The highest BCUT2D eigenvalue weighted by atomic mass is 127. The minimum atomic E-state index is -0.462. The van der Waals surface area contributed by atoms with Crippen LogP contribution in [-0.4, -0.2) is 63.1 Å². The Morgan fingerprint density at radius 1 is 0.969 bits per heavy atom. The molecule has 0 aliphatic carbocycles. The van der Waals surface area contributed by atoms with Crippen molar-refractivity contribution in [2.45, 2.75) is 6.42 Å². The second kappa shape index (κ2) is 12.5. The van der Waals surface area contributed by atoms with Crippen LogP contribution in [0.25, 0.3) is 0 Å². The van der Waals surface area contributed by atoms with Gasteiger partial charge in [-0.1, -0.05) is 12.1 Å². The molecule has 1 aliphatic heterocycles. The number of carbonyl (C=O) groups excluding carboxylic acids is 1. The molecule has 0 saturated carbocycles. The molecule has 0 atom stereocenters. The maximum absolute atomic E-state index is 14.0. The summed E-state index contributed by atoms with van der Waals surface area (Å²) in [7, 11) is 1.67. The summed E-state index contributed by atoms with van der Waals surface area (Å²) in [6.45, 7) is 3.13. The lowest BCUT2D eigenvalue weighted by molar-refractivity contribution is -0.120. The van der Waals surface area contributed by atoms with E-state index in [2.05, 4.69) is 15.6 Å². The lowest BCUT2D eigenvalue weighted by Crippen LogP contribution is -2.53. The molecule has 32 heavy (non-hydrogen) atoms. The van der Waals surface area contributed by atoms with E-state index in [0.717, 1.165) is 12.1 Å². The number of benzene rings is 2. The highest BCUT2D eigenvalue weighted by Gasteiger charge is 2.22. The maximum atomic E-state index is 14.0. The topological polar surface area (TPSA) is 60.0 Å². The lowest BCUT2D eigenvalue weighted by Gasteiger charge is -2.37. The fourth-order valence-electron chi connectivity index (χ4n) is 3.49. The molecule has 2 aromatic carbocycles. The van der Waals surface area contributed by atoms with Gasteiger partial charge in [-0.05, 0) is 29.8 Å². The number of rotatable bonds is 6. The van der Waals surface area contributed by atoms with Gasteiger partial charge in [-0.15, -0.1) is 24.0 Å². The number of anilines is 1. The van der Waals surface area contributed by atoms with E-state index in [9.17, 15) is 18.0 Å². The van der Waals surface area contributed by atoms with Gasteiger partial charge >= 0.3 is 0 Å². The van der Waals surface area contributed by atoms with Gasteiger partial charge in [0.1, 0.15) is 17.5 Å². The van der Waals surface area contributed by atoms with E-state index in [-0.39, 0.29) is 47.8 Å². The third-order valence-corrected chi connectivity index (χ3v) is 5.02. The van der Waals surface area contributed by atoms with Crippen molar-refractivity contribution in [2.24, 2.45) is 4.99 Å². The van der Waals surface area contributed by atoms with Crippen LogP contribution in [0.2, 0.25) is 0 Å². The molecule has 2 N–H and O–H groups in total. The molecule has 0 bridgehead atoms. The van der Waals surface area contributed by atoms with Crippen molar-refractivity contribution in [3.63, 3.8) is 0 Å². The van der Waals surface area contributed by atoms with E-state index < -0.39 is 11.6 Å². The molecular formula is C22H27F3IN5O. The van der Waals surface area contributed by atoms with Gasteiger partial charge in [0.05, 0.1) is 12.1 Å². The molecule has 1 aliphatic rings. The summed E-state index contributed by atoms with van der Waals surface area (Å²) in [5, 5.41) is 5.98. The largest absolute Gasteiger partial charge is 0.366 e. The van der Waals surface area contributed by atoms with Crippen LogP contribution in [0.15, 0.2) is 47.5 Å². The highest BCUT2D eigenvalue weighted by Crippen LogP contribution is 2.21. The van der Waals surface area contributed by atoms with Crippen molar-refractivity contribution in [3.8, 4) is 0 Å². The van der Waals surface area contributed by atoms with Gasteiger partial charge in [-0.25, -0.2) is 13.2 Å². The van der Waals surface area contributed by atoms with Crippen LogP contribution in [0.4, 0.5) is 18.9 Å². The van der Waals surface area contributed by atoms with E-state index in [4.69, 9.17) is 0 Å². The summed E-state index contributed by atoms with van der Waals surface area (Å²) in [6, 6.07) is 9.42. The minimum absolute atomic E-state index is 0. The third kappa shape index (κ3) is 7.28. The molecule has 6 nitrogen and oxygen atoms in total. The van der Waals surface area contributed by atoms with E-state index in [1.54, 1.807) is 19.2 Å². The number of halogens is 4. The SMILES string of the molecule is CN=C(NCCNC(=O)Cc1cccc(F)c1)N1CCN(c2cc(F)ccc2F)CC1.I. The molecule has 3 rings (SSSR count). The Bertz CT molecular complexity index is 936. The van der Waals surface area contributed by atoms with Crippen molar-refractivity contribution in [1.29, 1.82) is 0 Å². The van der Waals surface area contributed by atoms with E-state index in [1.807, 2.05) is 9.80 Å². The Labute approximate surface area is 202 Å². The summed E-state index contributed by atoms with van der Waals surface area (Å²) in [5.41, 5.74) is 0.887. The van der Waals surface area contributed by atoms with Gasteiger partial charge in [0.2, 0.25) is 5.91 Å². The van der Waals surface area contributed by atoms with Crippen LogP contribution < -0.4 is 15.5 Å². The second-order valence-electron chi connectivity index (χ2n) is 7.20. The standard InChI is InChI=1S/C22H26F3N5O.HI/c1-26-22(28-8-7-27-21(31)14-16-3-2-4-17(23)13-16)30-11-9-29(10-12-30)20-15-18(24)5-6-19(20)25;/h2-6,13,15H,7-12,14H2,1H3,(H,26,28)(H,27,31);1H. The molecule has 2 aromatic rings. The molecule has 1 heterocycles. The summed E-state index contributed by atoms with van der Waals surface area (Å²) >= 11 is 0. The fourth-order valence-corrected chi connectivity index (χ4v) is 3.49. The molecule has 174 valence electrons. The quantitative estimate of drug-likeness (QED) is 0.247. The summed E-state index contributed by atoms with van der Waals surface area (Å²) < 4.78 is 40.6. The molecular weight excluding hydrogens is 534 g/mol. The smallest absolute Gasteiger partial charge is 0.224 e. The van der Waals surface area contributed by atoms with Crippen molar-refractivity contribution >= 4 is 41.5 Å². The molecule has 0 spiro atoms. The van der Waals surface area contributed by atoms with Gasteiger partial charge in [-0.2, -0.15) is 0 Å². The van der Waals surface area contributed by atoms with Crippen LogP contribution in [0, 0.1) is 17.5 Å². The number of nitrogens with zero attached hydrogens (tertiary/aromatic N) is 3. The molecule has 1 amide bonds. The average Bonchev–Trinajstić information content (AvgIpc) is 2.76. The second-order valence-corrected chi connectivity index (χ2v) is 7.20. The fraction of sp³-hybridized carbons (Fsp3) is 0.364. The van der Waals surface area contributed by atoms with Gasteiger partial charge in [-0.3, -0.25) is 9.79 Å². The number of hydrogen-bond donors (Lipinski definition) is 2. The summed E-state index contributed by atoms with van der Waals surface area (Å²) in [6.07, 6.45) is 0.116. The Balaban J connectivity index is 0.00000363. The molecule has 1 saturated heterocycles. The zero-order chi connectivity index (χ0) is 22.2. The highest BCUT2D eigenvalue weighted by molar-refractivity contribution is 14.0. The van der Waals surface area contributed by atoms with E-state index in [1.165, 1.54) is 18.2 Å². The van der Waals surface area contributed by atoms with Gasteiger partial charge in [0, 0.05) is 52.4 Å². The minimum Gasteiger partial charge on any atom is -0.366 e. The Kier molecular flexibility index (Phi) is 10.1. The van der Waals surface area contributed by atoms with Crippen LogP contribution in [0.3, 0.4) is 0 Å². The van der Waals surface area contributed by atoms with Crippen LogP contribution >= 0.6 is 24.0 Å². The van der Waals surface area contributed by atoms with Crippen molar-refractivity contribution in [1.82, 2.24) is 15.5 Å². The van der Waals surface area contributed by atoms with Crippen molar-refractivity contribution in [2.75, 3.05) is 51.2 Å². The number of guanidine groups is 1. The first-order valence-electron chi connectivity index (χ1n) is 10.1. The zero-order valence-electron chi connectivity index (χ0n) is 17.8. The first-order valence-corrected chi connectivity index (χ1v) is 10.1. The Morgan fingerprint density at radius 3 is 2.34 bits per heavy atom. The average molecular weight is 561 g/mol. The zero-order valence-corrected chi connectivity index (χ0v) is 20.1. The predicted molar refractivity (Wildman–Crippen MR) is 130 cm³/mol. The first kappa shape index (κ1) is 25.8. The first-order chi connectivity index (χ1) is 15.0. The van der Waals surface area contributed by atoms with Gasteiger partial charge in [0.15, 0.2) is 5.96 Å². The Hall–Kier alpha value is -2.50. The van der Waals surface area contributed by atoms with E-state index >= 15 is 0 Å². The van der Waals surface area contributed by atoms with Crippen LogP contribution in [-0.2, 0) is 11.2 Å². The number of carbonyl (C=O) groups is 1. The lowest BCUT2D eigenvalue weighted by atomic mass is 10.1. The molecule has 0 unspecified atom stereocenters. The Morgan fingerprint density at radius 2 is 1.66 bits per heavy atom. The number of hydrogen-bond acceptors (Lipinski definition) is 3. The number of aliphatic imine (C=N–C) groups is 1. The monoisotopic (exact) mass is 561 g/mol. The van der Waals surface area contributed by atoms with Gasteiger partial charge < -0.3 is 20.4 Å². The maximum Gasteiger partial charge on any atom is 0.224 e. The number of piperazine rings is 1. The number of amides is 1. The third-order valence-electron chi connectivity index (χ3n) is 5.02. The molecule has 0 radical (unpaired) electrons. The molecule has 10 heteroatoms. The van der Waals surface area contributed by atoms with Crippen molar-refractivity contribution in [3.05, 3.63) is 65.5 Å². The normalized spacial score (nSPS) is 14.1. The molecule has 1 fully saturated rings. The van der Waals surface area contributed by atoms with Crippen LogP contribution in [0.5, 0.6) is 0 Å². The van der Waals surface area contributed by atoms with Crippen LogP contribution in [0.1, 0.15) is 5.56 Å². The molecule has 0 aromatic heterocycles. The summed E-state index contributed by atoms with van der Waals surface area (Å²) in [4.78, 5) is 20.1. The number of nitrogens with one attached hydrogen (secondary N) is 2. The summed E-state index contributed by atoms with van der Waals surface area (Å²) in [5.74, 6) is -0.773. The predicted octanol–water partition coefficient (Wildman–Crippen LogP) is 2.78.